The number of piperidine rings is 1. The van der Waals surface area contributed by atoms with E-state index >= 15 is 0 Å². The number of fused-ring (bicyclic) bond motifs is 1. The second-order valence-corrected chi connectivity index (χ2v) is 6.80. The molecule has 1 aromatic rings. The van der Waals surface area contributed by atoms with Crippen LogP contribution in [0.5, 0.6) is 5.75 Å². The molecule has 1 N–H and O–H groups in total. The molecular formula is C18H28N2O. The molecule has 2 aliphatic rings. The molecule has 2 atom stereocenters. The summed E-state index contributed by atoms with van der Waals surface area (Å²) in [7, 11) is 2.07. The summed E-state index contributed by atoms with van der Waals surface area (Å²) in [4.78, 5) is 2.63. The van der Waals surface area contributed by atoms with Gasteiger partial charge < -0.3 is 10.1 Å². The first-order valence-corrected chi connectivity index (χ1v) is 8.33. The van der Waals surface area contributed by atoms with E-state index in [2.05, 4.69) is 55.4 Å². The van der Waals surface area contributed by atoms with Crippen molar-refractivity contribution in [2.45, 2.75) is 38.8 Å². The Morgan fingerprint density at radius 3 is 2.57 bits per heavy atom. The summed E-state index contributed by atoms with van der Waals surface area (Å²) in [5.41, 5.74) is 1.31. The highest BCUT2D eigenvalue weighted by molar-refractivity contribution is 5.38. The molecule has 1 saturated heterocycles. The van der Waals surface area contributed by atoms with Crippen LogP contribution in [0, 0.1) is 11.8 Å². The average Bonchev–Trinajstić information content (AvgIpc) is 2.53. The standard InChI is InChI=1S/C18H28N2O/c1-13(2)14-8-10-20(11-9-14)16-12-21-17-7-5-4-6-15(17)18(16)19-3/h4-7,13-14,16,18-19H,8-12H2,1-3H3. The summed E-state index contributed by atoms with van der Waals surface area (Å²) in [5, 5.41) is 3.52. The third kappa shape index (κ3) is 2.95. The predicted molar refractivity (Wildman–Crippen MR) is 86.7 cm³/mol. The lowest BCUT2D eigenvalue weighted by Crippen LogP contribution is -2.52. The number of nitrogens with one attached hydrogen (secondary N) is 1. The number of likely N-dealkylation sites (N-methyl/N-ethyl adjacent to an activating group) is 1. The second kappa shape index (κ2) is 6.37. The van der Waals surface area contributed by atoms with Gasteiger partial charge in [-0.2, -0.15) is 0 Å². The molecule has 0 amide bonds. The SMILES string of the molecule is CNC1c2ccccc2OCC1N1CCC(C(C)C)CC1. The fraction of sp³-hybridized carbons (Fsp3) is 0.667. The van der Waals surface area contributed by atoms with Gasteiger partial charge in [-0.15, -0.1) is 0 Å². The van der Waals surface area contributed by atoms with Crippen LogP contribution < -0.4 is 10.1 Å². The molecule has 3 nitrogen and oxygen atoms in total. The van der Waals surface area contributed by atoms with Crippen molar-refractivity contribution >= 4 is 0 Å². The van der Waals surface area contributed by atoms with Gasteiger partial charge in [-0.25, -0.2) is 0 Å². The molecule has 1 aromatic carbocycles. The van der Waals surface area contributed by atoms with E-state index in [9.17, 15) is 0 Å². The lowest BCUT2D eigenvalue weighted by Gasteiger charge is -2.44. The maximum atomic E-state index is 6.01. The third-order valence-corrected chi connectivity index (χ3v) is 5.35. The van der Waals surface area contributed by atoms with Crippen LogP contribution in [0.4, 0.5) is 0 Å². The van der Waals surface area contributed by atoms with Gasteiger partial charge in [0, 0.05) is 5.56 Å². The Hall–Kier alpha value is -1.06. The number of rotatable bonds is 3. The fourth-order valence-electron chi connectivity index (χ4n) is 3.93. The molecule has 0 saturated carbocycles. The van der Waals surface area contributed by atoms with Crippen LogP contribution in [0.3, 0.4) is 0 Å². The summed E-state index contributed by atoms with van der Waals surface area (Å²) in [6, 6.07) is 9.29. The summed E-state index contributed by atoms with van der Waals surface area (Å²) in [5.74, 6) is 2.76. The number of likely N-dealkylation sites (tertiary alicyclic amines) is 1. The molecule has 0 bridgehead atoms. The smallest absolute Gasteiger partial charge is 0.124 e. The van der Waals surface area contributed by atoms with Crippen molar-refractivity contribution in [3.63, 3.8) is 0 Å². The van der Waals surface area contributed by atoms with Gasteiger partial charge in [0.05, 0.1) is 12.1 Å². The summed E-state index contributed by atoms with van der Waals surface area (Å²) < 4.78 is 6.01. The van der Waals surface area contributed by atoms with Gasteiger partial charge in [0.2, 0.25) is 0 Å². The molecule has 1 fully saturated rings. The zero-order valence-corrected chi connectivity index (χ0v) is 13.5. The number of benzene rings is 1. The maximum Gasteiger partial charge on any atom is 0.124 e. The van der Waals surface area contributed by atoms with Crippen LogP contribution in [0.1, 0.15) is 38.3 Å². The monoisotopic (exact) mass is 288 g/mol. The Morgan fingerprint density at radius 1 is 1.19 bits per heavy atom. The molecule has 116 valence electrons. The normalized spacial score (nSPS) is 27.4. The highest BCUT2D eigenvalue weighted by Gasteiger charge is 2.35. The lowest BCUT2D eigenvalue weighted by molar-refractivity contribution is 0.0519. The summed E-state index contributed by atoms with van der Waals surface area (Å²) in [6.07, 6.45) is 2.65. The van der Waals surface area contributed by atoms with E-state index < -0.39 is 0 Å². The molecule has 21 heavy (non-hydrogen) atoms. The van der Waals surface area contributed by atoms with Crippen LogP contribution in [0.15, 0.2) is 24.3 Å². The third-order valence-electron chi connectivity index (χ3n) is 5.35. The number of nitrogens with zero attached hydrogens (tertiary/aromatic N) is 1. The van der Waals surface area contributed by atoms with Crippen LogP contribution in [0.25, 0.3) is 0 Å². The van der Waals surface area contributed by atoms with Crippen molar-refractivity contribution in [2.24, 2.45) is 11.8 Å². The number of hydrogen-bond acceptors (Lipinski definition) is 3. The highest BCUT2D eigenvalue weighted by Crippen LogP contribution is 2.36. The Morgan fingerprint density at radius 2 is 1.90 bits per heavy atom. The van der Waals surface area contributed by atoms with E-state index in [4.69, 9.17) is 4.74 Å². The highest BCUT2D eigenvalue weighted by atomic mass is 16.5. The van der Waals surface area contributed by atoms with Crippen LogP contribution in [-0.4, -0.2) is 37.7 Å². The van der Waals surface area contributed by atoms with Gasteiger partial charge in [0.1, 0.15) is 12.4 Å². The first kappa shape index (κ1) is 14.9. The molecule has 2 aliphatic heterocycles. The van der Waals surface area contributed by atoms with Crippen molar-refractivity contribution < 1.29 is 4.74 Å². The molecule has 2 heterocycles. The fourth-order valence-corrected chi connectivity index (χ4v) is 3.93. The second-order valence-electron chi connectivity index (χ2n) is 6.80. The van der Waals surface area contributed by atoms with Crippen LogP contribution in [-0.2, 0) is 0 Å². The first-order chi connectivity index (χ1) is 10.2. The molecule has 2 unspecified atom stereocenters. The van der Waals surface area contributed by atoms with Gasteiger partial charge >= 0.3 is 0 Å². The number of hydrogen-bond donors (Lipinski definition) is 1. The average molecular weight is 288 g/mol. The van der Waals surface area contributed by atoms with Crippen LogP contribution >= 0.6 is 0 Å². The van der Waals surface area contributed by atoms with E-state index in [0.717, 1.165) is 24.2 Å². The minimum absolute atomic E-state index is 0.380. The molecule has 3 rings (SSSR count). The number of para-hydroxylation sites is 1. The molecule has 3 heteroatoms. The van der Waals surface area contributed by atoms with Crippen molar-refractivity contribution in [1.82, 2.24) is 10.2 Å². The zero-order valence-electron chi connectivity index (χ0n) is 13.5. The van der Waals surface area contributed by atoms with E-state index in [-0.39, 0.29) is 0 Å². The summed E-state index contributed by atoms with van der Waals surface area (Å²) in [6.45, 7) is 7.93. The number of ether oxygens (including phenoxy) is 1. The van der Waals surface area contributed by atoms with Crippen LogP contribution in [0.2, 0.25) is 0 Å². The molecule has 0 aromatic heterocycles. The summed E-state index contributed by atoms with van der Waals surface area (Å²) >= 11 is 0. The lowest BCUT2D eigenvalue weighted by atomic mass is 9.85. The van der Waals surface area contributed by atoms with Gasteiger partial charge in [-0.3, -0.25) is 4.90 Å². The Kier molecular flexibility index (Phi) is 4.51. The predicted octanol–water partition coefficient (Wildman–Crippen LogP) is 3.08. The largest absolute Gasteiger partial charge is 0.492 e. The van der Waals surface area contributed by atoms with E-state index in [1.54, 1.807) is 0 Å². The minimum Gasteiger partial charge on any atom is -0.492 e. The first-order valence-electron chi connectivity index (χ1n) is 8.33. The van der Waals surface area contributed by atoms with Crippen molar-refractivity contribution in [1.29, 1.82) is 0 Å². The Balaban J connectivity index is 1.72. The van der Waals surface area contributed by atoms with Crippen molar-refractivity contribution in [3.05, 3.63) is 29.8 Å². The van der Waals surface area contributed by atoms with E-state index in [1.165, 1.54) is 31.5 Å². The molecule has 0 radical (unpaired) electrons. The van der Waals surface area contributed by atoms with Gasteiger partial charge in [0.15, 0.2) is 0 Å². The van der Waals surface area contributed by atoms with Gasteiger partial charge in [-0.05, 0) is 50.9 Å². The molecule has 0 spiro atoms. The van der Waals surface area contributed by atoms with Gasteiger partial charge in [0.25, 0.3) is 0 Å². The zero-order chi connectivity index (χ0) is 14.8. The quantitative estimate of drug-likeness (QED) is 0.925. The van der Waals surface area contributed by atoms with Gasteiger partial charge in [-0.1, -0.05) is 32.0 Å². The Bertz CT molecular complexity index is 466. The van der Waals surface area contributed by atoms with E-state index in [0.29, 0.717) is 12.1 Å². The maximum absolute atomic E-state index is 6.01. The molecular weight excluding hydrogens is 260 g/mol. The van der Waals surface area contributed by atoms with Crippen molar-refractivity contribution in [3.8, 4) is 5.75 Å². The molecule has 0 aliphatic carbocycles. The minimum atomic E-state index is 0.380. The van der Waals surface area contributed by atoms with Crippen molar-refractivity contribution in [2.75, 3.05) is 26.7 Å². The topological polar surface area (TPSA) is 24.5 Å². The van der Waals surface area contributed by atoms with E-state index in [1.807, 2.05) is 0 Å². The Labute approximate surface area is 128 Å².